The Morgan fingerprint density at radius 2 is 2.29 bits per heavy atom. The van der Waals surface area contributed by atoms with Gasteiger partial charge < -0.3 is 10.2 Å². The molecule has 0 spiro atoms. The molecular formula is C15H22N4OS. The molecule has 1 saturated heterocycles. The van der Waals surface area contributed by atoms with Crippen LogP contribution >= 0.6 is 11.3 Å². The lowest BCUT2D eigenvalue weighted by atomic mass is 10.0. The zero-order valence-corrected chi connectivity index (χ0v) is 13.2. The van der Waals surface area contributed by atoms with Crippen LogP contribution in [0.5, 0.6) is 0 Å². The fourth-order valence-corrected chi connectivity index (χ4v) is 3.64. The van der Waals surface area contributed by atoms with Gasteiger partial charge in [-0.05, 0) is 25.8 Å². The maximum atomic E-state index is 12.1. The van der Waals surface area contributed by atoms with Crippen LogP contribution in [0.15, 0.2) is 17.8 Å². The SMILES string of the molecule is CCCN1CCC(NC(=O)Cc2cn3ccsc3n2)CC1. The van der Waals surface area contributed by atoms with Gasteiger partial charge in [0.2, 0.25) is 5.91 Å². The highest BCUT2D eigenvalue weighted by Gasteiger charge is 2.20. The monoisotopic (exact) mass is 306 g/mol. The van der Waals surface area contributed by atoms with E-state index in [0.717, 1.165) is 36.6 Å². The summed E-state index contributed by atoms with van der Waals surface area (Å²) in [6.45, 7) is 5.58. The standard InChI is InChI=1S/C15H22N4OS/c1-2-5-18-6-3-12(4-7-18)16-14(20)10-13-11-19-8-9-21-15(19)17-13/h8-9,11-12H,2-7,10H2,1H3,(H,16,20). The number of nitrogens with one attached hydrogen (secondary N) is 1. The fourth-order valence-electron chi connectivity index (χ4n) is 2.92. The summed E-state index contributed by atoms with van der Waals surface area (Å²) in [6.07, 6.45) is 7.61. The van der Waals surface area contributed by atoms with E-state index in [1.165, 1.54) is 13.0 Å². The first-order chi connectivity index (χ1) is 10.2. The Morgan fingerprint density at radius 1 is 1.48 bits per heavy atom. The highest BCUT2D eigenvalue weighted by atomic mass is 32.1. The Morgan fingerprint density at radius 3 is 3.00 bits per heavy atom. The van der Waals surface area contributed by atoms with Gasteiger partial charge in [0.05, 0.1) is 12.1 Å². The summed E-state index contributed by atoms with van der Waals surface area (Å²) in [6, 6.07) is 0.328. The molecule has 0 unspecified atom stereocenters. The molecule has 0 saturated carbocycles. The molecule has 3 heterocycles. The highest BCUT2D eigenvalue weighted by Crippen LogP contribution is 2.13. The highest BCUT2D eigenvalue weighted by molar-refractivity contribution is 7.15. The number of thiazole rings is 1. The van der Waals surface area contributed by atoms with Crippen LogP contribution in [-0.4, -0.2) is 45.9 Å². The fraction of sp³-hybridized carbons (Fsp3) is 0.600. The summed E-state index contributed by atoms with van der Waals surface area (Å²) in [7, 11) is 0. The van der Waals surface area contributed by atoms with Crippen LogP contribution in [0, 0.1) is 0 Å². The second kappa shape index (κ2) is 6.58. The van der Waals surface area contributed by atoms with Crippen molar-refractivity contribution in [2.45, 2.75) is 38.6 Å². The van der Waals surface area contributed by atoms with Gasteiger partial charge in [-0.1, -0.05) is 6.92 Å². The van der Waals surface area contributed by atoms with Crippen molar-refractivity contribution in [3.8, 4) is 0 Å². The molecule has 2 aromatic rings. The normalized spacial score (nSPS) is 17.4. The number of hydrogen-bond donors (Lipinski definition) is 1. The molecule has 0 bridgehead atoms. The average Bonchev–Trinajstić information content (AvgIpc) is 3.02. The van der Waals surface area contributed by atoms with Crippen molar-refractivity contribution in [2.75, 3.05) is 19.6 Å². The van der Waals surface area contributed by atoms with E-state index in [9.17, 15) is 4.79 Å². The van der Waals surface area contributed by atoms with E-state index in [1.807, 2.05) is 22.2 Å². The van der Waals surface area contributed by atoms with Crippen LogP contribution in [0.4, 0.5) is 0 Å². The Balaban J connectivity index is 1.47. The van der Waals surface area contributed by atoms with Crippen LogP contribution in [0.25, 0.3) is 4.96 Å². The molecule has 1 aliphatic heterocycles. The third-order valence-corrected chi connectivity index (χ3v) is 4.75. The van der Waals surface area contributed by atoms with Crippen molar-refractivity contribution in [3.63, 3.8) is 0 Å². The van der Waals surface area contributed by atoms with Gasteiger partial charge in [-0.3, -0.25) is 9.20 Å². The first-order valence-electron chi connectivity index (χ1n) is 7.67. The van der Waals surface area contributed by atoms with Crippen LogP contribution < -0.4 is 5.32 Å². The molecule has 1 amide bonds. The van der Waals surface area contributed by atoms with Crippen molar-refractivity contribution in [3.05, 3.63) is 23.5 Å². The van der Waals surface area contributed by atoms with Gasteiger partial charge in [0.15, 0.2) is 4.96 Å². The molecule has 1 aliphatic rings. The van der Waals surface area contributed by atoms with Crippen LogP contribution in [0.2, 0.25) is 0 Å². The van der Waals surface area contributed by atoms with E-state index in [0.29, 0.717) is 12.5 Å². The molecule has 114 valence electrons. The molecule has 5 nitrogen and oxygen atoms in total. The Bertz CT molecular complexity index is 569. The molecular weight excluding hydrogens is 284 g/mol. The number of rotatable bonds is 5. The number of aromatic nitrogens is 2. The predicted molar refractivity (Wildman–Crippen MR) is 84.7 cm³/mol. The maximum Gasteiger partial charge on any atom is 0.226 e. The number of carbonyl (C=O) groups excluding carboxylic acids is 1. The van der Waals surface area contributed by atoms with E-state index in [-0.39, 0.29) is 5.91 Å². The van der Waals surface area contributed by atoms with Crippen molar-refractivity contribution in [2.24, 2.45) is 0 Å². The number of piperidine rings is 1. The van der Waals surface area contributed by atoms with Crippen molar-refractivity contribution in [1.29, 1.82) is 0 Å². The number of amides is 1. The molecule has 1 N–H and O–H groups in total. The topological polar surface area (TPSA) is 49.6 Å². The summed E-state index contributed by atoms with van der Waals surface area (Å²) in [4.78, 5) is 20.0. The number of nitrogens with zero attached hydrogens (tertiary/aromatic N) is 3. The van der Waals surface area contributed by atoms with E-state index in [2.05, 4.69) is 22.1 Å². The lowest BCUT2D eigenvalue weighted by Crippen LogP contribution is -2.45. The molecule has 0 atom stereocenters. The summed E-state index contributed by atoms with van der Waals surface area (Å²) in [5.41, 5.74) is 0.850. The summed E-state index contributed by atoms with van der Waals surface area (Å²) < 4.78 is 1.97. The largest absolute Gasteiger partial charge is 0.353 e. The Hall–Kier alpha value is -1.40. The van der Waals surface area contributed by atoms with Crippen molar-refractivity contribution < 1.29 is 4.79 Å². The minimum atomic E-state index is 0.0923. The summed E-state index contributed by atoms with van der Waals surface area (Å²) >= 11 is 1.59. The van der Waals surface area contributed by atoms with Gasteiger partial charge in [-0.15, -0.1) is 11.3 Å². The number of hydrogen-bond acceptors (Lipinski definition) is 4. The Kier molecular flexibility index (Phi) is 4.55. The second-order valence-corrected chi connectivity index (χ2v) is 6.56. The third-order valence-electron chi connectivity index (χ3n) is 3.98. The summed E-state index contributed by atoms with van der Waals surface area (Å²) in [5, 5.41) is 5.15. The van der Waals surface area contributed by atoms with Crippen LogP contribution in [-0.2, 0) is 11.2 Å². The smallest absolute Gasteiger partial charge is 0.226 e. The molecule has 0 aromatic carbocycles. The predicted octanol–water partition coefficient (Wildman–Crippen LogP) is 1.93. The van der Waals surface area contributed by atoms with E-state index in [1.54, 1.807) is 11.3 Å². The summed E-state index contributed by atoms with van der Waals surface area (Å²) in [5.74, 6) is 0.0923. The number of fused-ring (bicyclic) bond motifs is 1. The zero-order valence-electron chi connectivity index (χ0n) is 12.4. The van der Waals surface area contributed by atoms with E-state index in [4.69, 9.17) is 0 Å². The minimum absolute atomic E-state index is 0.0923. The second-order valence-electron chi connectivity index (χ2n) is 5.69. The van der Waals surface area contributed by atoms with Crippen LogP contribution in [0.3, 0.4) is 0 Å². The number of imidazole rings is 1. The Labute approximate surface area is 129 Å². The quantitative estimate of drug-likeness (QED) is 0.918. The molecule has 6 heteroatoms. The van der Waals surface area contributed by atoms with Gasteiger partial charge in [0, 0.05) is 36.9 Å². The van der Waals surface area contributed by atoms with Crippen molar-refractivity contribution in [1.82, 2.24) is 19.6 Å². The first-order valence-corrected chi connectivity index (χ1v) is 8.55. The molecule has 21 heavy (non-hydrogen) atoms. The van der Waals surface area contributed by atoms with Gasteiger partial charge >= 0.3 is 0 Å². The lowest BCUT2D eigenvalue weighted by molar-refractivity contribution is -0.121. The third kappa shape index (κ3) is 3.63. The van der Waals surface area contributed by atoms with Gasteiger partial charge in [-0.2, -0.15) is 0 Å². The van der Waals surface area contributed by atoms with Gasteiger partial charge in [0.1, 0.15) is 0 Å². The first kappa shape index (κ1) is 14.5. The maximum absolute atomic E-state index is 12.1. The molecule has 0 aliphatic carbocycles. The molecule has 0 radical (unpaired) electrons. The van der Waals surface area contributed by atoms with E-state index < -0.39 is 0 Å². The molecule has 2 aromatic heterocycles. The lowest BCUT2D eigenvalue weighted by Gasteiger charge is -2.32. The van der Waals surface area contributed by atoms with Crippen molar-refractivity contribution >= 4 is 22.2 Å². The average molecular weight is 306 g/mol. The van der Waals surface area contributed by atoms with Gasteiger partial charge in [-0.25, -0.2) is 4.98 Å². The zero-order chi connectivity index (χ0) is 14.7. The van der Waals surface area contributed by atoms with E-state index >= 15 is 0 Å². The minimum Gasteiger partial charge on any atom is -0.353 e. The number of likely N-dealkylation sites (tertiary alicyclic amines) is 1. The molecule has 3 rings (SSSR count). The number of carbonyl (C=O) groups is 1. The molecule has 1 fully saturated rings. The van der Waals surface area contributed by atoms with Gasteiger partial charge in [0.25, 0.3) is 0 Å². The van der Waals surface area contributed by atoms with Crippen LogP contribution in [0.1, 0.15) is 31.9 Å².